The highest BCUT2D eigenvalue weighted by molar-refractivity contribution is 5.43. The van der Waals surface area contributed by atoms with E-state index in [0.717, 1.165) is 30.9 Å². The second kappa shape index (κ2) is 6.07. The van der Waals surface area contributed by atoms with Crippen molar-refractivity contribution in [2.24, 2.45) is 5.92 Å². The minimum absolute atomic E-state index is 0.236. The number of aliphatic hydroxyl groups is 1. The third kappa shape index (κ3) is 3.15. The van der Waals surface area contributed by atoms with Gasteiger partial charge in [0.15, 0.2) is 0 Å². The first-order valence-electron chi connectivity index (χ1n) is 6.54. The number of hydrogen-bond acceptors (Lipinski definition) is 4. The average Bonchev–Trinajstić information content (AvgIpc) is 2.70. The molecular weight excluding hydrogens is 228 g/mol. The Kier molecular flexibility index (Phi) is 4.44. The van der Waals surface area contributed by atoms with E-state index in [-0.39, 0.29) is 12.6 Å². The molecule has 0 aromatic heterocycles. The van der Waals surface area contributed by atoms with Crippen LogP contribution in [0.2, 0.25) is 0 Å². The maximum atomic E-state index is 9.36. The number of benzene rings is 1. The summed E-state index contributed by atoms with van der Waals surface area (Å²) in [5.74, 6) is 1.38. The maximum absolute atomic E-state index is 9.36. The molecule has 1 aromatic rings. The highest BCUT2D eigenvalue weighted by atomic mass is 16.5. The number of rotatable bonds is 5. The highest BCUT2D eigenvalue weighted by Crippen LogP contribution is 2.23. The van der Waals surface area contributed by atoms with Crippen molar-refractivity contribution in [2.75, 3.05) is 32.0 Å². The molecule has 2 atom stereocenters. The first kappa shape index (κ1) is 13.2. The Morgan fingerprint density at radius 1 is 1.50 bits per heavy atom. The number of ether oxygens (including phenoxy) is 1. The number of nitrogen functional groups attached to an aromatic ring is 1. The topological polar surface area (TPSA) is 58.7 Å². The van der Waals surface area contributed by atoms with Crippen molar-refractivity contribution in [3.63, 3.8) is 0 Å². The van der Waals surface area contributed by atoms with Gasteiger partial charge in [-0.15, -0.1) is 0 Å². The van der Waals surface area contributed by atoms with Gasteiger partial charge in [0.05, 0.1) is 6.61 Å². The van der Waals surface area contributed by atoms with Crippen LogP contribution in [-0.2, 0) is 0 Å². The van der Waals surface area contributed by atoms with Crippen LogP contribution in [0.4, 0.5) is 5.69 Å². The van der Waals surface area contributed by atoms with Crippen molar-refractivity contribution in [1.82, 2.24) is 4.90 Å². The molecule has 1 heterocycles. The molecule has 0 spiro atoms. The normalized spacial score (nSPS) is 24.3. The fraction of sp³-hybridized carbons (Fsp3) is 0.571. The number of nitrogens with two attached hydrogens (primary N) is 1. The van der Waals surface area contributed by atoms with Crippen LogP contribution in [0, 0.1) is 5.92 Å². The van der Waals surface area contributed by atoms with Gasteiger partial charge in [0.1, 0.15) is 12.4 Å². The molecule has 0 saturated carbocycles. The van der Waals surface area contributed by atoms with Crippen molar-refractivity contribution in [3.05, 3.63) is 24.3 Å². The first-order chi connectivity index (χ1) is 8.70. The maximum Gasteiger partial charge on any atom is 0.121 e. The predicted octanol–water partition coefficient (Wildman–Crippen LogP) is 1.35. The van der Waals surface area contributed by atoms with E-state index < -0.39 is 0 Å². The van der Waals surface area contributed by atoms with Gasteiger partial charge in [-0.3, -0.25) is 4.90 Å². The zero-order chi connectivity index (χ0) is 13.0. The van der Waals surface area contributed by atoms with Gasteiger partial charge in [0, 0.05) is 24.3 Å². The lowest BCUT2D eigenvalue weighted by atomic mass is 10.0. The molecule has 0 aliphatic carbocycles. The second-order valence-corrected chi connectivity index (χ2v) is 4.97. The summed E-state index contributed by atoms with van der Waals surface area (Å²) in [6.07, 6.45) is 1.16. The summed E-state index contributed by atoms with van der Waals surface area (Å²) in [6, 6.07) is 7.76. The van der Waals surface area contributed by atoms with Gasteiger partial charge in [-0.25, -0.2) is 0 Å². The second-order valence-electron chi connectivity index (χ2n) is 4.97. The minimum Gasteiger partial charge on any atom is -0.492 e. The number of hydrogen-bond donors (Lipinski definition) is 2. The van der Waals surface area contributed by atoms with Crippen LogP contribution in [0.1, 0.15) is 13.3 Å². The lowest BCUT2D eigenvalue weighted by Gasteiger charge is -2.24. The Bertz CT molecular complexity index is 384. The van der Waals surface area contributed by atoms with E-state index >= 15 is 0 Å². The Hall–Kier alpha value is -1.26. The van der Waals surface area contributed by atoms with E-state index in [1.165, 1.54) is 0 Å². The minimum atomic E-state index is 0.236. The fourth-order valence-corrected chi connectivity index (χ4v) is 2.55. The third-order valence-corrected chi connectivity index (χ3v) is 3.69. The van der Waals surface area contributed by atoms with Crippen molar-refractivity contribution in [1.29, 1.82) is 0 Å². The summed E-state index contributed by atoms with van der Waals surface area (Å²) < 4.78 is 5.67. The molecular formula is C14H22N2O2. The van der Waals surface area contributed by atoms with Crippen LogP contribution in [-0.4, -0.2) is 42.4 Å². The smallest absolute Gasteiger partial charge is 0.121 e. The predicted molar refractivity (Wildman–Crippen MR) is 72.6 cm³/mol. The summed E-state index contributed by atoms with van der Waals surface area (Å²) in [7, 11) is 0. The van der Waals surface area contributed by atoms with Gasteiger partial charge in [-0.2, -0.15) is 0 Å². The largest absolute Gasteiger partial charge is 0.492 e. The van der Waals surface area contributed by atoms with Crippen LogP contribution in [0.15, 0.2) is 24.3 Å². The molecule has 100 valence electrons. The monoisotopic (exact) mass is 250 g/mol. The Labute approximate surface area is 108 Å². The summed E-state index contributed by atoms with van der Waals surface area (Å²) in [5, 5.41) is 9.36. The van der Waals surface area contributed by atoms with Gasteiger partial charge in [-0.05, 0) is 31.0 Å². The number of nitrogens with zero attached hydrogens (tertiary/aromatic N) is 1. The van der Waals surface area contributed by atoms with Crippen molar-refractivity contribution in [3.8, 4) is 5.75 Å². The number of aliphatic hydroxyl groups excluding tert-OH is 1. The zero-order valence-electron chi connectivity index (χ0n) is 10.9. The van der Waals surface area contributed by atoms with Crippen molar-refractivity contribution >= 4 is 5.69 Å². The summed E-state index contributed by atoms with van der Waals surface area (Å²) in [4.78, 5) is 2.30. The molecule has 1 aliphatic rings. The van der Waals surface area contributed by atoms with Gasteiger partial charge in [0.2, 0.25) is 0 Å². The molecule has 0 radical (unpaired) electrons. The van der Waals surface area contributed by atoms with E-state index in [2.05, 4.69) is 11.8 Å². The Morgan fingerprint density at radius 2 is 2.33 bits per heavy atom. The standard InChI is InChI=1S/C14H22N2O2/c1-11-5-6-16(14(11)10-17)7-8-18-13-4-2-3-12(15)9-13/h2-4,9,11,14,17H,5-8,10,15H2,1H3. The molecule has 0 bridgehead atoms. The lowest BCUT2D eigenvalue weighted by Crippen LogP contribution is -2.37. The molecule has 1 saturated heterocycles. The van der Waals surface area contributed by atoms with E-state index in [1.807, 2.05) is 24.3 Å². The van der Waals surface area contributed by atoms with Crippen LogP contribution in [0.25, 0.3) is 0 Å². The van der Waals surface area contributed by atoms with Crippen molar-refractivity contribution in [2.45, 2.75) is 19.4 Å². The number of likely N-dealkylation sites (tertiary alicyclic amines) is 1. The van der Waals surface area contributed by atoms with Crippen LogP contribution < -0.4 is 10.5 Å². The SMILES string of the molecule is CC1CCN(CCOc2cccc(N)c2)C1CO. The third-order valence-electron chi connectivity index (χ3n) is 3.69. The van der Waals surface area contributed by atoms with Gasteiger partial charge in [-0.1, -0.05) is 13.0 Å². The van der Waals surface area contributed by atoms with Gasteiger partial charge < -0.3 is 15.6 Å². The number of anilines is 1. The van der Waals surface area contributed by atoms with Crippen LogP contribution >= 0.6 is 0 Å². The summed E-state index contributed by atoms with van der Waals surface area (Å²) in [5.41, 5.74) is 6.41. The van der Waals surface area contributed by atoms with E-state index in [9.17, 15) is 5.11 Å². The molecule has 4 nitrogen and oxygen atoms in total. The summed E-state index contributed by atoms with van der Waals surface area (Å²) >= 11 is 0. The Balaban J connectivity index is 1.78. The zero-order valence-corrected chi connectivity index (χ0v) is 10.9. The Morgan fingerprint density at radius 3 is 3.06 bits per heavy atom. The quantitative estimate of drug-likeness (QED) is 0.775. The molecule has 1 aromatic carbocycles. The van der Waals surface area contributed by atoms with Gasteiger partial charge >= 0.3 is 0 Å². The fourth-order valence-electron chi connectivity index (χ4n) is 2.55. The molecule has 2 rings (SSSR count). The van der Waals surface area contributed by atoms with E-state index in [0.29, 0.717) is 12.5 Å². The van der Waals surface area contributed by atoms with Crippen LogP contribution in [0.5, 0.6) is 5.75 Å². The molecule has 18 heavy (non-hydrogen) atoms. The lowest BCUT2D eigenvalue weighted by molar-refractivity contribution is 0.123. The first-order valence-corrected chi connectivity index (χ1v) is 6.54. The van der Waals surface area contributed by atoms with Crippen molar-refractivity contribution < 1.29 is 9.84 Å². The molecule has 1 fully saturated rings. The highest BCUT2D eigenvalue weighted by Gasteiger charge is 2.29. The molecule has 0 amide bonds. The molecule has 2 unspecified atom stereocenters. The van der Waals surface area contributed by atoms with E-state index in [4.69, 9.17) is 10.5 Å². The van der Waals surface area contributed by atoms with E-state index in [1.54, 1.807) is 0 Å². The molecule has 3 N–H and O–H groups in total. The van der Waals surface area contributed by atoms with Gasteiger partial charge in [0.25, 0.3) is 0 Å². The summed E-state index contributed by atoms with van der Waals surface area (Å²) in [6.45, 7) is 4.96. The average molecular weight is 250 g/mol. The molecule has 1 aliphatic heterocycles. The molecule has 4 heteroatoms. The van der Waals surface area contributed by atoms with Crippen LogP contribution in [0.3, 0.4) is 0 Å².